The van der Waals surface area contributed by atoms with E-state index in [0.29, 0.717) is 12.2 Å². The van der Waals surface area contributed by atoms with Crippen LogP contribution in [0.3, 0.4) is 0 Å². The zero-order valence-electron chi connectivity index (χ0n) is 13.1. The molecule has 1 atom stereocenters. The van der Waals surface area contributed by atoms with Crippen LogP contribution in [0.4, 0.5) is 10.5 Å². The SMILES string of the molecule is CCOC(=O)NC(=O)C[NH+](CC)CC(=O)Nc1cccc(Br)c1. The van der Waals surface area contributed by atoms with Crippen molar-refractivity contribution >= 4 is 39.5 Å². The summed E-state index contributed by atoms with van der Waals surface area (Å²) in [4.78, 5) is 35.6. The predicted octanol–water partition coefficient (Wildman–Crippen LogP) is 0.565. The van der Waals surface area contributed by atoms with Crippen LogP contribution in [0.2, 0.25) is 0 Å². The molecule has 0 saturated carbocycles. The molecule has 7 nitrogen and oxygen atoms in total. The van der Waals surface area contributed by atoms with Crippen LogP contribution in [0, 0.1) is 0 Å². The van der Waals surface area contributed by atoms with Gasteiger partial charge in [0.1, 0.15) is 0 Å². The number of anilines is 1. The first-order chi connectivity index (χ1) is 10.9. The van der Waals surface area contributed by atoms with Crippen molar-refractivity contribution in [2.45, 2.75) is 13.8 Å². The number of nitrogens with one attached hydrogen (secondary N) is 3. The molecule has 0 aliphatic rings. The number of quaternary nitrogens is 1. The Bertz CT molecular complexity index is 565. The van der Waals surface area contributed by atoms with E-state index in [1.807, 2.05) is 19.1 Å². The van der Waals surface area contributed by atoms with Crippen molar-refractivity contribution in [3.05, 3.63) is 28.7 Å². The van der Waals surface area contributed by atoms with Gasteiger partial charge in [-0.2, -0.15) is 0 Å². The molecular weight excluding hydrogens is 366 g/mol. The Labute approximate surface area is 143 Å². The van der Waals surface area contributed by atoms with E-state index < -0.39 is 12.0 Å². The summed E-state index contributed by atoms with van der Waals surface area (Å²) in [5.41, 5.74) is 0.677. The zero-order chi connectivity index (χ0) is 17.2. The Morgan fingerprint density at radius 1 is 1.17 bits per heavy atom. The van der Waals surface area contributed by atoms with Gasteiger partial charge < -0.3 is 15.0 Å². The molecule has 0 aliphatic carbocycles. The number of hydrogen-bond acceptors (Lipinski definition) is 4. The van der Waals surface area contributed by atoms with E-state index in [2.05, 4.69) is 31.3 Å². The summed E-state index contributed by atoms with van der Waals surface area (Å²) >= 11 is 3.33. The minimum atomic E-state index is -0.772. The first-order valence-electron chi connectivity index (χ1n) is 7.30. The van der Waals surface area contributed by atoms with E-state index in [1.54, 1.807) is 19.1 Å². The lowest BCUT2D eigenvalue weighted by Gasteiger charge is -2.16. The Kier molecular flexibility index (Phi) is 8.28. The highest BCUT2D eigenvalue weighted by Crippen LogP contribution is 2.15. The Hall–Kier alpha value is -1.93. The maximum absolute atomic E-state index is 12.0. The molecule has 23 heavy (non-hydrogen) atoms. The van der Waals surface area contributed by atoms with Crippen LogP contribution in [-0.4, -0.2) is 44.1 Å². The second-order valence-electron chi connectivity index (χ2n) is 4.78. The molecule has 0 spiro atoms. The normalized spacial score (nSPS) is 11.4. The van der Waals surface area contributed by atoms with Crippen LogP contribution in [0.5, 0.6) is 0 Å². The highest BCUT2D eigenvalue weighted by atomic mass is 79.9. The van der Waals surface area contributed by atoms with Crippen LogP contribution in [0.15, 0.2) is 28.7 Å². The summed E-state index contributed by atoms with van der Waals surface area (Å²) < 4.78 is 5.50. The minimum absolute atomic E-state index is 0.0151. The van der Waals surface area contributed by atoms with Crippen LogP contribution < -0.4 is 15.5 Å². The van der Waals surface area contributed by atoms with Gasteiger partial charge >= 0.3 is 6.09 Å². The molecule has 3 N–H and O–H groups in total. The average molecular weight is 387 g/mol. The highest BCUT2D eigenvalue weighted by molar-refractivity contribution is 9.10. The van der Waals surface area contributed by atoms with Gasteiger partial charge in [0.25, 0.3) is 11.8 Å². The third-order valence-corrected chi connectivity index (χ3v) is 3.44. The number of alkyl carbamates (subject to hydrolysis) is 1. The van der Waals surface area contributed by atoms with E-state index in [-0.39, 0.29) is 25.6 Å². The van der Waals surface area contributed by atoms with Gasteiger partial charge in [-0.15, -0.1) is 0 Å². The lowest BCUT2D eigenvalue weighted by molar-refractivity contribution is -0.881. The molecule has 0 heterocycles. The van der Waals surface area contributed by atoms with E-state index in [4.69, 9.17) is 0 Å². The lowest BCUT2D eigenvalue weighted by Crippen LogP contribution is -3.14. The monoisotopic (exact) mass is 386 g/mol. The number of benzene rings is 1. The second-order valence-corrected chi connectivity index (χ2v) is 5.70. The van der Waals surface area contributed by atoms with Gasteiger partial charge in [-0.3, -0.25) is 14.9 Å². The van der Waals surface area contributed by atoms with Crippen LogP contribution in [0.25, 0.3) is 0 Å². The average Bonchev–Trinajstić information content (AvgIpc) is 2.46. The molecule has 1 unspecified atom stereocenters. The van der Waals surface area contributed by atoms with Crippen molar-refractivity contribution in [3.63, 3.8) is 0 Å². The van der Waals surface area contributed by atoms with Crippen molar-refractivity contribution in [1.82, 2.24) is 5.32 Å². The topological polar surface area (TPSA) is 88.9 Å². The van der Waals surface area contributed by atoms with Crippen LogP contribution in [0.1, 0.15) is 13.8 Å². The Balaban J connectivity index is 2.47. The summed E-state index contributed by atoms with van der Waals surface area (Å²) in [6.07, 6.45) is -0.772. The van der Waals surface area contributed by atoms with E-state index in [1.165, 1.54) is 0 Å². The summed E-state index contributed by atoms with van der Waals surface area (Å²) in [6.45, 7) is 4.42. The third kappa shape index (κ3) is 7.75. The second kappa shape index (κ2) is 9.96. The van der Waals surface area contributed by atoms with Gasteiger partial charge in [-0.05, 0) is 32.0 Å². The molecule has 0 saturated heterocycles. The molecule has 0 fully saturated rings. The lowest BCUT2D eigenvalue weighted by atomic mass is 10.3. The Morgan fingerprint density at radius 3 is 2.48 bits per heavy atom. The summed E-state index contributed by atoms with van der Waals surface area (Å²) in [7, 11) is 0. The fourth-order valence-electron chi connectivity index (χ4n) is 1.86. The number of halogens is 1. The fourth-order valence-corrected chi connectivity index (χ4v) is 2.26. The quantitative estimate of drug-likeness (QED) is 0.638. The number of imide groups is 1. The Morgan fingerprint density at radius 2 is 1.87 bits per heavy atom. The molecule has 3 amide bonds. The molecule has 0 bridgehead atoms. The molecule has 1 rings (SSSR count). The van der Waals surface area contributed by atoms with Crippen molar-refractivity contribution in [1.29, 1.82) is 0 Å². The molecule has 1 aromatic rings. The number of hydrogen-bond donors (Lipinski definition) is 3. The summed E-state index contributed by atoms with van der Waals surface area (Å²) in [6, 6.07) is 7.24. The van der Waals surface area contributed by atoms with Gasteiger partial charge in [-0.25, -0.2) is 4.79 Å². The minimum Gasteiger partial charge on any atom is -0.450 e. The van der Waals surface area contributed by atoms with Crippen molar-refractivity contribution < 1.29 is 24.0 Å². The number of rotatable bonds is 7. The number of carbonyl (C=O) groups excluding carboxylic acids is 3. The van der Waals surface area contributed by atoms with E-state index >= 15 is 0 Å². The highest BCUT2D eigenvalue weighted by Gasteiger charge is 2.18. The molecule has 0 aromatic heterocycles. The molecule has 8 heteroatoms. The standard InChI is InChI=1S/C15H20BrN3O4/c1-3-19(10-14(21)18-15(22)23-4-2)9-13(20)17-12-7-5-6-11(16)8-12/h5-8H,3-4,9-10H2,1-2H3,(H,17,20)(H,18,21,22)/p+1. The molecular formula is C15H21BrN3O4+. The number of carbonyl (C=O) groups is 3. The van der Waals surface area contributed by atoms with Gasteiger partial charge in [0.15, 0.2) is 13.1 Å². The first-order valence-corrected chi connectivity index (χ1v) is 8.09. The maximum atomic E-state index is 12.0. The fraction of sp³-hybridized carbons (Fsp3) is 0.400. The van der Waals surface area contributed by atoms with Gasteiger partial charge in [0.2, 0.25) is 0 Å². The first kappa shape index (κ1) is 19.1. The molecule has 0 radical (unpaired) electrons. The van der Waals surface area contributed by atoms with E-state index in [9.17, 15) is 14.4 Å². The molecule has 1 aromatic carbocycles. The zero-order valence-corrected chi connectivity index (χ0v) is 14.7. The predicted molar refractivity (Wildman–Crippen MR) is 89.2 cm³/mol. The summed E-state index contributed by atoms with van der Waals surface area (Å²) in [5, 5.41) is 4.89. The van der Waals surface area contributed by atoms with Crippen molar-refractivity contribution in [2.24, 2.45) is 0 Å². The van der Waals surface area contributed by atoms with Crippen molar-refractivity contribution in [3.8, 4) is 0 Å². The largest absolute Gasteiger partial charge is 0.450 e. The number of ether oxygens (including phenoxy) is 1. The van der Waals surface area contributed by atoms with Gasteiger partial charge in [0.05, 0.1) is 13.2 Å². The third-order valence-electron chi connectivity index (χ3n) is 2.95. The van der Waals surface area contributed by atoms with Crippen LogP contribution >= 0.6 is 15.9 Å². The number of likely N-dealkylation sites (N-methyl/N-ethyl adjacent to an activating group) is 1. The van der Waals surface area contributed by atoms with Gasteiger partial charge in [0, 0.05) is 10.2 Å². The van der Waals surface area contributed by atoms with E-state index in [0.717, 1.165) is 9.37 Å². The summed E-state index contributed by atoms with van der Waals surface area (Å²) in [5.74, 6) is -0.681. The molecule has 126 valence electrons. The van der Waals surface area contributed by atoms with Crippen molar-refractivity contribution in [2.75, 3.05) is 31.6 Å². The maximum Gasteiger partial charge on any atom is 0.414 e. The molecule has 0 aliphatic heterocycles. The van der Waals surface area contributed by atoms with Gasteiger partial charge in [-0.1, -0.05) is 22.0 Å². The number of amides is 3. The smallest absolute Gasteiger partial charge is 0.414 e. The van der Waals surface area contributed by atoms with Crippen LogP contribution in [-0.2, 0) is 14.3 Å².